The first-order chi connectivity index (χ1) is 29.8. The van der Waals surface area contributed by atoms with Gasteiger partial charge in [-0.25, -0.2) is 0 Å². The summed E-state index contributed by atoms with van der Waals surface area (Å²) in [6.45, 7) is 0. The summed E-state index contributed by atoms with van der Waals surface area (Å²) in [6, 6.07) is 80.8. The molecule has 2 heterocycles. The Bertz CT molecular complexity index is 3440. The van der Waals surface area contributed by atoms with Gasteiger partial charge in [0.1, 0.15) is 0 Å². The molecular formula is C57H36N2S. The van der Waals surface area contributed by atoms with Gasteiger partial charge in [0.15, 0.2) is 0 Å². The normalized spacial score (nSPS) is 13.1. The van der Waals surface area contributed by atoms with E-state index in [4.69, 9.17) is 0 Å². The predicted molar refractivity (Wildman–Crippen MR) is 253 cm³/mol. The third-order valence-electron chi connectivity index (χ3n) is 13.0. The highest BCUT2D eigenvalue weighted by Crippen LogP contribution is 2.67. The molecule has 2 nitrogen and oxygen atoms in total. The van der Waals surface area contributed by atoms with E-state index < -0.39 is 5.41 Å². The second kappa shape index (κ2) is 12.8. The van der Waals surface area contributed by atoms with Gasteiger partial charge in [-0.1, -0.05) is 158 Å². The molecular weight excluding hydrogens is 745 g/mol. The first kappa shape index (κ1) is 33.5. The Morgan fingerprint density at radius 1 is 0.417 bits per heavy atom. The maximum atomic E-state index is 2.52. The van der Waals surface area contributed by atoms with Crippen molar-refractivity contribution in [2.75, 3.05) is 4.90 Å². The molecule has 0 radical (unpaired) electrons. The zero-order valence-corrected chi connectivity index (χ0v) is 33.4. The van der Waals surface area contributed by atoms with Crippen molar-refractivity contribution < 1.29 is 0 Å². The summed E-state index contributed by atoms with van der Waals surface area (Å²) in [4.78, 5) is 3.86. The highest BCUT2D eigenvalue weighted by atomic mass is 32.1. The van der Waals surface area contributed by atoms with E-state index in [0.717, 1.165) is 17.1 Å². The Morgan fingerprint density at radius 2 is 1.00 bits per heavy atom. The van der Waals surface area contributed by atoms with E-state index in [1.807, 2.05) is 11.3 Å². The Balaban J connectivity index is 1.12. The average Bonchev–Trinajstić information content (AvgIpc) is 4.03. The van der Waals surface area contributed by atoms with E-state index in [-0.39, 0.29) is 0 Å². The molecule has 3 heteroatoms. The second-order valence-corrected chi connectivity index (χ2v) is 17.0. The van der Waals surface area contributed by atoms with Crippen molar-refractivity contribution in [3.63, 3.8) is 0 Å². The fourth-order valence-electron chi connectivity index (χ4n) is 10.6. The average molecular weight is 781 g/mol. The smallest absolute Gasteiger partial charge is 0.0740 e. The van der Waals surface area contributed by atoms with Gasteiger partial charge in [-0.05, 0) is 111 Å². The van der Waals surface area contributed by atoms with Crippen LogP contribution in [0.1, 0.15) is 22.3 Å². The van der Waals surface area contributed by atoms with Crippen LogP contribution in [0.5, 0.6) is 0 Å². The Morgan fingerprint density at radius 3 is 1.77 bits per heavy atom. The molecule has 0 aliphatic heterocycles. The number of rotatable bonds is 5. The number of hydrogen-bond acceptors (Lipinski definition) is 2. The lowest BCUT2D eigenvalue weighted by Gasteiger charge is -2.32. The molecule has 280 valence electrons. The molecule has 2 aromatic heterocycles. The molecule has 0 amide bonds. The van der Waals surface area contributed by atoms with Crippen molar-refractivity contribution in [1.29, 1.82) is 0 Å². The SMILES string of the molecule is c1ccc(-c2ccc(N(c3ccc4c(c3)c3ccccc3n4-c3ccccc3)c3cccc4c3-c3sc5ccccc5c3C43c4ccccc4-c4ccccc43)cc2)cc1. The van der Waals surface area contributed by atoms with Gasteiger partial charge < -0.3 is 9.47 Å². The second-order valence-electron chi connectivity index (χ2n) is 16.0. The minimum Gasteiger partial charge on any atom is -0.310 e. The zero-order valence-electron chi connectivity index (χ0n) is 32.6. The van der Waals surface area contributed by atoms with Crippen molar-refractivity contribution in [3.05, 3.63) is 241 Å². The Labute approximate surface area is 352 Å². The van der Waals surface area contributed by atoms with Gasteiger partial charge in [0.05, 0.1) is 22.1 Å². The van der Waals surface area contributed by atoms with Crippen molar-refractivity contribution >= 4 is 60.3 Å². The van der Waals surface area contributed by atoms with Gasteiger partial charge in [-0.15, -0.1) is 11.3 Å². The predicted octanol–water partition coefficient (Wildman–Crippen LogP) is 15.5. The summed E-state index contributed by atoms with van der Waals surface area (Å²) in [5, 5.41) is 3.80. The number of aromatic nitrogens is 1. The molecule has 9 aromatic carbocycles. The molecule has 0 fully saturated rings. The molecule has 2 aliphatic carbocycles. The van der Waals surface area contributed by atoms with Gasteiger partial charge in [-0.2, -0.15) is 0 Å². The Kier molecular flexibility index (Phi) is 7.13. The lowest BCUT2D eigenvalue weighted by molar-refractivity contribution is 0.802. The van der Waals surface area contributed by atoms with E-state index in [0.29, 0.717) is 0 Å². The fourth-order valence-corrected chi connectivity index (χ4v) is 11.9. The first-order valence-electron chi connectivity index (χ1n) is 20.7. The standard InChI is InChI=1S/C57H36N2S/c1-3-16-37(17-4-1)38-30-32-40(33-31-38)58(41-34-35-51-46(36-41)44-22-9-13-27-50(44)59(51)39-18-5-2-6-19-39)52-28-15-26-49-54(52)56-55(45-23-10-14-29-53(45)60-56)57(49)47-24-11-7-20-42(47)43-21-8-12-25-48(43)57/h1-36H. The topological polar surface area (TPSA) is 8.17 Å². The number of fused-ring (bicyclic) bond motifs is 15. The fraction of sp³-hybridized carbons (Fsp3) is 0.0175. The third kappa shape index (κ3) is 4.53. The lowest BCUT2D eigenvalue weighted by Crippen LogP contribution is -2.26. The van der Waals surface area contributed by atoms with Gasteiger partial charge in [-0.3, -0.25) is 0 Å². The molecule has 13 rings (SSSR count). The van der Waals surface area contributed by atoms with Crippen molar-refractivity contribution in [1.82, 2.24) is 4.57 Å². The highest BCUT2D eigenvalue weighted by molar-refractivity contribution is 7.22. The zero-order chi connectivity index (χ0) is 39.4. The van der Waals surface area contributed by atoms with Crippen LogP contribution >= 0.6 is 11.3 Å². The van der Waals surface area contributed by atoms with Crippen LogP contribution in [0.4, 0.5) is 17.1 Å². The van der Waals surface area contributed by atoms with E-state index >= 15 is 0 Å². The number of para-hydroxylation sites is 2. The Hall–Kier alpha value is -7.46. The van der Waals surface area contributed by atoms with E-state index in [1.165, 1.54) is 92.5 Å². The van der Waals surface area contributed by atoms with E-state index in [2.05, 4.69) is 228 Å². The number of nitrogens with zero attached hydrogens (tertiary/aromatic N) is 2. The van der Waals surface area contributed by atoms with E-state index in [9.17, 15) is 0 Å². The van der Waals surface area contributed by atoms with Crippen molar-refractivity contribution in [3.8, 4) is 38.4 Å². The monoisotopic (exact) mass is 780 g/mol. The van der Waals surface area contributed by atoms with Crippen LogP contribution in [0.25, 0.3) is 70.3 Å². The van der Waals surface area contributed by atoms with Gasteiger partial charge >= 0.3 is 0 Å². The maximum absolute atomic E-state index is 2.52. The molecule has 11 aromatic rings. The molecule has 60 heavy (non-hydrogen) atoms. The first-order valence-corrected chi connectivity index (χ1v) is 21.5. The number of thiophene rings is 1. The maximum Gasteiger partial charge on any atom is 0.0740 e. The quantitative estimate of drug-likeness (QED) is 0.169. The van der Waals surface area contributed by atoms with Crippen LogP contribution < -0.4 is 4.90 Å². The van der Waals surface area contributed by atoms with Crippen LogP contribution in [-0.2, 0) is 5.41 Å². The van der Waals surface area contributed by atoms with Crippen LogP contribution in [0.2, 0.25) is 0 Å². The van der Waals surface area contributed by atoms with Gasteiger partial charge in [0, 0.05) is 43.0 Å². The number of anilines is 3. The largest absolute Gasteiger partial charge is 0.310 e. The molecule has 0 saturated heterocycles. The summed E-state index contributed by atoms with van der Waals surface area (Å²) in [5.41, 5.74) is 18.3. The lowest BCUT2D eigenvalue weighted by atomic mass is 9.70. The van der Waals surface area contributed by atoms with Gasteiger partial charge in [0.25, 0.3) is 0 Å². The molecule has 0 saturated carbocycles. The molecule has 0 bridgehead atoms. The van der Waals surface area contributed by atoms with Crippen molar-refractivity contribution in [2.24, 2.45) is 0 Å². The third-order valence-corrected chi connectivity index (χ3v) is 14.2. The van der Waals surface area contributed by atoms with E-state index in [1.54, 1.807) is 0 Å². The molecule has 0 N–H and O–H groups in total. The molecule has 1 spiro atoms. The number of benzene rings is 9. The molecule has 2 aliphatic rings. The van der Waals surface area contributed by atoms with Crippen LogP contribution in [-0.4, -0.2) is 4.57 Å². The summed E-state index contributed by atoms with van der Waals surface area (Å²) >= 11 is 1.94. The number of hydrogen-bond donors (Lipinski definition) is 0. The summed E-state index contributed by atoms with van der Waals surface area (Å²) in [7, 11) is 0. The van der Waals surface area contributed by atoms with Crippen LogP contribution in [0.15, 0.2) is 218 Å². The van der Waals surface area contributed by atoms with Crippen LogP contribution in [0.3, 0.4) is 0 Å². The summed E-state index contributed by atoms with van der Waals surface area (Å²) in [5.74, 6) is 0. The molecule has 0 atom stereocenters. The van der Waals surface area contributed by atoms with Gasteiger partial charge in [0.2, 0.25) is 0 Å². The van der Waals surface area contributed by atoms with Crippen LogP contribution in [0, 0.1) is 0 Å². The minimum absolute atomic E-state index is 0.455. The summed E-state index contributed by atoms with van der Waals surface area (Å²) < 4.78 is 3.72. The van der Waals surface area contributed by atoms with Crippen molar-refractivity contribution in [2.45, 2.75) is 5.41 Å². The highest BCUT2D eigenvalue weighted by Gasteiger charge is 2.54. The summed E-state index contributed by atoms with van der Waals surface area (Å²) in [6.07, 6.45) is 0. The molecule has 0 unspecified atom stereocenters. The minimum atomic E-state index is -0.455.